The number of unbranched alkanes of at least 4 members (excludes halogenated alkanes) is 11. The third-order valence-electron chi connectivity index (χ3n) is 4.43. The van der Waals surface area contributed by atoms with Gasteiger partial charge >= 0.3 is 0 Å². The molecule has 0 aliphatic heterocycles. The summed E-state index contributed by atoms with van der Waals surface area (Å²) in [6.45, 7) is 2.88. The quantitative estimate of drug-likeness (QED) is 0.400. The molecule has 0 unspecified atom stereocenters. The zero-order valence-corrected chi connectivity index (χ0v) is 15.3. The molecule has 0 atom stereocenters. The molecule has 0 heterocycles. The van der Waals surface area contributed by atoms with Crippen LogP contribution in [0.25, 0.3) is 0 Å². The van der Waals surface area contributed by atoms with Gasteiger partial charge in [0.25, 0.3) is 5.91 Å². The van der Waals surface area contributed by atoms with Crippen LogP contribution < -0.4 is 5.32 Å². The van der Waals surface area contributed by atoms with Crippen LogP contribution in [-0.4, -0.2) is 12.5 Å². The van der Waals surface area contributed by atoms with Crippen molar-refractivity contribution in [1.82, 2.24) is 5.32 Å². The summed E-state index contributed by atoms with van der Waals surface area (Å²) in [5.41, 5.74) is 0.136. The molecule has 0 saturated carbocycles. The fraction of sp³-hybridized carbons (Fsp3) is 0.667. The Morgan fingerprint density at radius 3 is 1.88 bits per heavy atom. The number of rotatable bonds is 14. The van der Waals surface area contributed by atoms with Crippen molar-refractivity contribution in [1.29, 1.82) is 0 Å². The Hall–Kier alpha value is -1.38. The molecule has 24 heavy (non-hydrogen) atoms. The molecule has 0 aliphatic rings. The number of carbonyl (C=O) groups is 1. The second-order valence-corrected chi connectivity index (χ2v) is 6.62. The van der Waals surface area contributed by atoms with E-state index in [1.165, 1.54) is 76.3 Å². The van der Waals surface area contributed by atoms with Crippen molar-refractivity contribution in [2.24, 2.45) is 0 Å². The Morgan fingerprint density at radius 2 is 1.33 bits per heavy atom. The van der Waals surface area contributed by atoms with Crippen LogP contribution in [0.2, 0.25) is 0 Å². The highest BCUT2D eigenvalue weighted by molar-refractivity contribution is 5.94. The molecule has 1 aromatic rings. The summed E-state index contributed by atoms with van der Waals surface area (Å²) in [7, 11) is 0. The second-order valence-electron chi connectivity index (χ2n) is 6.62. The largest absolute Gasteiger partial charge is 0.352 e. The van der Waals surface area contributed by atoms with Crippen LogP contribution in [0.1, 0.15) is 94.3 Å². The number of hydrogen-bond acceptors (Lipinski definition) is 1. The number of amides is 1. The average molecular weight is 336 g/mol. The highest BCUT2D eigenvalue weighted by Gasteiger charge is 2.09. The molecule has 0 aromatic heterocycles. The summed E-state index contributed by atoms with van der Waals surface area (Å²) in [6, 6.07) is 6.12. The van der Waals surface area contributed by atoms with Crippen molar-refractivity contribution in [2.45, 2.75) is 84.0 Å². The van der Waals surface area contributed by atoms with Gasteiger partial charge in [0, 0.05) is 6.54 Å². The molecular weight excluding hydrogens is 301 g/mol. The molecule has 0 radical (unpaired) electrons. The van der Waals surface area contributed by atoms with Crippen molar-refractivity contribution in [3.63, 3.8) is 0 Å². The van der Waals surface area contributed by atoms with E-state index >= 15 is 0 Å². The lowest BCUT2D eigenvalue weighted by Gasteiger charge is -2.06. The van der Waals surface area contributed by atoms with Gasteiger partial charge in [0.05, 0.1) is 5.56 Å². The fourth-order valence-corrected chi connectivity index (χ4v) is 2.91. The summed E-state index contributed by atoms with van der Waals surface area (Å²) >= 11 is 0. The first-order valence-corrected chi connectivity index (χ1v) is 9.78. The first-order chi connectivity index (χ1) is 11.8. The minimum Gasteiger partial charge on any atom is -0.352 e. The standard InChI is InChI=1S/C21H34FNO/c1-2-3-4-5-6-7-8-9-10-11-12-15-18-23-21(24)19-16-13-14-17-20(19)22/h13-14,16-17H,2-12,15,18H2,1H3,(H,23,24). The average Bonchev–Trinajstić information content (AvgIpc) is 2.59. The Kier molecular flexibility index (Phi) is 12.1. The van der Waals surface area contributed by atoms with Crippen molar-refractivity contribution in [3.05, 3.63) is 35.6 Å². The maximum Gasteiger partial charge on any atom is 0.254 e. The highest BCUT2D eigenvalue weighted by atomic mass is 19.1. The van der Waals surface area contributed by atoms with E-state index in [0.717, 1.165) is 12.8 Å². The van der Waals surface area contributed by atoms with Gasteiger partial charge in [0.2, 0.25) is 0 Å². The van der Waals surface area contributed by atoms with Crippen LogP contribution >= 0.6 is 0 Å². The summed E-state index contributed by atoms with van der Waals surface area (Å²) < 4.78 is 13.4. The topological polar surface area (TPSA) is 29.1 Å². The highest BCUT2D eigenvalue weighted by Crippen LogP contribution is 2.12. The van der Waals surface area contributed by atoms with E-state index in [-0.39, 0.29) is 11.5 Å². The van der Waals surface area contributed by atoms with Crippen LogP contribution in [0, 0.1) is 5.82 Å². The van der Waals surface area contributed by atoms with Gasteiger partial charge in [0.15, 0.2) is 0 Å². The normalized spacial score (nSPS) is 10.8. The summed E-state index contributed by atoms with van der Waals surface area (Å²) in [4.78, 5) is 11.8. The molecule has 0 bridgehead atoms. The van der Waals surface area contributed by atoms with Gasteiger partial charge in [-0.3, -0.25) is 4.79 Å². The summed E-state index contributed by atoms with van der Waals surface area (Å²) in [5, 5.41) is 2.80. The Labute approximate surface area is 147 Å². The van der Waals surface area contributed by atoms with E-state index in [1.54, 1.807) is 12.1 Å². The number of hydrogen-bond donors (Lipinski definition) is 1. The third-order valence-corrected chi connectivity index (χ3v) is 4.43. The molecule has 1 rings (SSSR count). The maximum absolute atomic E-state index is 13.4. The molecule has 136 valence electrons. The Balaban J connectivity index is 1.89. The molecule has 0 aliphatic carbocycles. The van der Waals surface area contributed by atoms with E-state index < -0.39 is 5.82 Å². The SMILES string of the molecule is CCCCCCCCCCCCCCNC(=O)c1ccccc1F. The molecule has 2 nitrogen and oxygen atoms in total. The minimum atomic E-state index is -0.454. The van der Waals surface area contributed by atoms with Crippen LogP contribution in [0.15, 0.2) is 24.3 Å². The Bertz CT molecular complexity index is 447. The lowest BCUT2D eigenvalue weighted by atomic mass is 10.1. The summed E-state index contributed by atoms with van der Waals surface area (Å²) in [5.74, 6) is -0.763. The minimum absolute atomic E-state index is 0.136. The van der Waals surface area contributed by atoms with Crippen LogP contribution in [0.5, 0.6) is 0 Å². The molecule has 1 amide bonds. The molecule has 3 heteroatoms. The smallest absolute Gasteiger partial charge is 0.254 e. The van der Waals surface area contributed by atoms with E-state index in [4.69, 9.17) is 0 Å². The maximum atomic E-state index is 13.4. The molecule has 1 N–H and O–H groups in total. The molecular formula is C21H34FNO. The van der Waals surface area contributed by atoms with Gasteiger partial charge in [-0.1, -0.05) is 89.7 Å². The number of carbonyl (C=O) groups excluding carboxylic acids is 1. The molecule has 0 saturated heterocycles. The van der Waals surface area contributed by atoms with Gasteiger partial charge in [-0.15, -0.1) is 0 Å². The van der Waals surface area contributed by atoms with E-state index in [0.29, 0.717) is 6.54 Å². The first-order valence-electron chi connectivity index (χ1n) is 9.78. The van der Waals surface area contributed by atoms with Gasteiger partial charge in [-0.05, 0) is 18.6 Å². The fourth-order valence-electron chi connectivity index (χ4n) is 2.91. The zero-order chi connectivity index (χ0) is 17.5. The van der Waals surface area contributed by atoms with Crippen molar-refractivity contribution in [3.8, 4) is 0 Å². The second kappa shape index (κ2) is 14.0. The van der Waals surface area contributed by atoms with Gasteiger partial charge in [-0.25, -0.2) is 4.39 Å². The van der Waals surface area contributed by atoms with Crippen LogP contribution in [-0.2, 0) is 0 Å². The first kappa shape index (κ1) is 20.7. The Morgan fingerprint density at radius 1 is 0.833 bits per heavy atom. The van der Waals surface area contributed by atoms with Crippen LogP contribution in [0.3, 0.4) is 0 Å². The van der Waals surface area contributed by atoms with Crippen molar-refractivity contribution < 1.29 is 9.18 Å². The third kappa shape index (κ3) is 9.69. The van der Waals surface area contributed by atoms with Gasteiger partial charge in [0.1, 0.15) is 5.82 Å². The lowest BCUT2D eigenvalue weighted by Crippen LogP contribution is -2.25. The summed E-state index contributed by atoms with van der Waals surface area (Å²) in [6.07, 6.45) is 15.6. The lowest BCUT2D eigenvalue weighted by molar-refractivity contribution is 0.0949. The van der Waals surface area contributed by atoms with Gasteiger partial charge < -0.3 is 5.32 Å². The predicted molar refractivity (Wildman–Crippen MR) is 99.8 cm³/mol. The number of benzene rings is 1. The van der Waals surface area contributed by atoms with Crippen molar-refractivity contribution >= 4 is 5.91 Å². The number of halogens is 1. The molecule has 1 aromatic carbocycles. The van der Waals surface area contributed by atoms with Crippen molar-refractivity contribution in [2.75, 3.05) is 6.54 Å². The van der Waals surface area contributed by atoms with E-state index in [9.17, 15) is 9.18 Å². The van der Waals surface area contributed by atoms with Crippen LogP contribution in [0.4, 0.5) is 4.39 Å². The van der Waals surface area contributed by atoms with E-state index in [2.05, 4.69) is 12.2 Å². The molecule has 0 fully saturated rings. The number of nitrogens with one attached hydrogen (secondary N) is 1. The zero-order valence-electron chi connectivity index (χ0n) is 15.3. The monoisotopic (exact) mass is 335 g/mol. The molecule has 0 spiro atoms. The van der Waals surface area contributed by atoms with Gasteiger partial charge in [-0.2, -0.15) is 0 Å². The predicted octanol–water partition coefficient (Wildman–Crippen LogP) is 6.26. The van der Waals surface area contributed by atoms with E-state index in [1.807, 2.05) is 0 Å².